The minimum absolute atomic E-state index is 0.226. The van der Waals surface area contributed by atoms with Gasteiger partial charge in [0.05, 0.1) is 5.92 Å². The fraction of sp³-hybridized carbons (Fsp3) is 0.200. The number of nitrogens with two attached hydrogens (primary N) is 1. The molecule has 0 amide bonds. The van der Waals surface area contributed by atoms with Gasteiger partial charge >= 0.3 is 6.18 Å². The molecule has 4 heteroatoms. The molecular formula is C15H14F3N. The molecule has 0 bridgehead atoms. The molecule has 0 fully saturated rings. The Hall–Kier alpha value is -1.81. The first-order valence-corrected chi connectivity index (χ1v) is 5.95. The van der Waals surface area contributed by atoms with E-state index in [9.17, 15) is 13.2 Å². The lowest BCUT2D eigenvalue weighted by Crippen LogP contribution is -2.28. The van der Waals surface area contributed by atoms with Crippen molar-refractivity contribution in [3.8, 4) is 11.1 Å². The van der Waals surface area contributed by atoms with Gasteiger partial charge in [-0.2, -0.15) is 13.2 Å². The van der Waals surface area contributed by atoms with Gasteiger partial charge in [0.15, 0.2) is 0 Å². The zero-order valence-electron chi connectivity index (χ0n) is 10.2. The summed E-state index contributed by atoms with van der Waals surface area (Å²) in [5, 5.41) is 0. The minimum Gasteiger partial charge on any atom is -0.330 e. The maximum absolute atomic E-state index is 13.0. The highest BCUT2D eigenvalue weighted by atomic mass is 19.4. The lowest BCUT2D eigenvalue weighted by molar-refractivity contribution is -0.148. The fourth-order valence-corrected chi connectivity index (χ4v) is 2.12. The second-order valence-corrected chi connectivity index (χ2v) is 4.28. The maximum Gasteiger partial charge on any atom is 0.396 e. The lowest BCUT2D eigenvalue weighted by Gasteiger charge is -2.21. The van der Waals surface area contributed by atoms with Crippen LogP contribution < -0.4 is 5.73 Å². The van der Waals surface area contributed by atoms with Crippen molar-refractivity contribution in [3.63, 3.8) is 0 Å². The average Bonchev–Trinajstić information content (AvgIpc) is 2.39. The summed E-state index contributed by atoms with van der Waals surface area (Å²) in [4.78, 5) is 0. The van der Waals surface area contributed by atoms with Crippen LogP contribution in [0.3, 0.4) is 0 Å². The standard InChI is InChI=1S/C15H14F3N/c16-15(17,18)14(10-19)13-9-5-4-8-12(13)11-6-2-1-3-7-11/h1-9,14H,10,19H2. The number of halogens is 3. The van der Waals surface area contributed by atoms with Gasteiger partial charge in [-0.25, -0.2) is 0 Å². The normalized spacial score (nSPS) is 13.3. The number of benzene rings is 2. The molecule has 0 aliphatic heterocycles. The van der Waals surface area contributed by atoms with Crippen LogP contribution in [-0.2, 0) is 0 Å². The first-order valence-electron chi connectivity index (χ1n) is 5.95. The zero-order valence-corrected chi connectivity index (χ0v) is 10.2. The Balaban J connectivity index is 2.53. The van der Waals surface area contributed by atoms with E-state index in [1.54, 1.807) is 42.5 Å². The van der Waals surface area contributed by atoms with E-state index >= 15 is 0 Å². The molecule has 2 rings (SSSR count). The van der Waals surface area contributed by atoms with E-state index in [0.29, 0.717) is 5.56 Å². The summed E-state index contributed by atoms with van der Waals surface area (Å²) >= 11 is 0. The Morgan fingerprint density at radius 2 is 1.47 bits per heavy atom. The maximum atomic E-state index is 13.0. The molecule has 2 aromatic carbocycles. The van der Waals surface area contributed by atoms with Gasteiger partial charge in [-0.1, -0.05) is 54.6 Å². The summed E-state index contributed by atoms with van der Waals surface area (Å²) in [5.41, 5.74) is 6.89. The summed E-state index contributed by atoms with van der Waals surface area (Å²) in [6, 6.07) is 15.6. The van der Waals surface area contributed by atoms with Gasteiger partial charge in [-0.3, -0.25) is 0 Å². The van der Waals surface area contributed by atoms with E-state index in [-0.39, 0.29) is 5.56 Å². The van der Waals surface area contributed by atoms with Gasteiger partial charge in [-0.15, -0.1) is 0 Å². The van der Waals surface area contributed by atoms with Gasteiger partial charge in [0.25, 0.3) is 0 Å². The molecule has 2 N–H and O–H groups in total. The van der Waals surface area contributed by atoms with Crippen molar-refractivity contribution in [2.45, 2.75) is 12.1 Å². The molecule has 0 saturated heterocycles. The molecule has 100 valence electrons. The monoisotopic (exact) mass is 265 g/mol. The van der Waals surface area contributed by atoms with Gasteiger partial charge in [0.2, 0.25) is 0 Å². The first-order chi connectivity index (χ1) is 9.04. The van der Waals surface area contributed by atoms with E-state index in [1.807, 2.05) is 6.07 Å². The van der Waals surface area contributed by atoms with Crippen molar-refractivity contribution >= 4 is 0 Å². The van der Waals surface area contributed by atoms with Crippen molar-refractivity contribution < 1.29 is 13.2 Å². The van der Waals surface area contributed by atoms with Crippen LogP contribution in [0.15, 0.2) is 54.6 Å². The van der Waals surface area contributed by atoms with E-state index in [1.165, 1.54) is 6.07 Å². The third-order valence-corrected chi connectivity index (χ3v) is 3.05. The van der Waals surface area contributed by atoms with Crippen molar-refractivity contribution in [2.75, 3.05) is 6.54 Å². The highest BCUT2D eigenvalue weighted by Gasteiger charge is 2.40. The summed E-state index contributed by atoms with van der Waals surface area (Å²) in [6.07, 6.45) is -4.33. The van der Waals surface area contributed by atoms with E-state index in [4.69, 9.17) is 5.73 Å². The molecule has 0 aliphatic carbocycles. The van der Waals surface area contributed by atoms with Crippen LogP contribution in [-0.4, -0.2) is 12.7 Å². The Labute approximate surface area is 109 Å². The second kappa shape index (κ2) is 5.45. The Bertz CT molecular complexity index is 535. The largest absolute Gasteiger partial charge is 0.396 e. The molecule has 0 saturated carbocycles. The van der Waals surface area contributed by atoms with Crippen LogP contribution in [0.5, 0.6) is 0 Å². The molecule has 0 aromatic heterocycles. The van der Waals surface area contributed by atoms with Gasteiger partial charge in [0, 0.05) is 6.54 Å². The van der Waals surface area contributed by atoms with E-state index < -0.39 is 18.6 Å². The number of rotatable bonds is 3. The van der Waals surface area contributed by atoms with Crippen molar-refractivity contribution in [2.24, 2.45) is 5.73 Å². The van der Waals surface area contributed by atoms with Crippen molar-refractivity contribution in [1.29, 1.82) is 0 Å². The molecule has 0 spiro atoms. The summed E-state index contributed by atoms with van der Waals surface area (Å²) in [7, 11) is 0. The molecule has 1 unspecified atom stereocenters. The number of hydrogen-bond donors (Lipinski definition) is 1. The highest BCUT2D eigenvalue weighted by Crippen LogP contribution is 2.38. The predicted octanol–water partition coefficient (Wildman–Crippen LogP) is 3.96. The second-order valence-electron chi connectivity index (χ2n) is 4.28. The summed E-state index contributed by atoms with van der Waals surface area (Å²) in [6.45, 7) is -0.451. The van der Waals surface area contributed by atoms with E-state index in [0.717, 1.165) is 5.56 Å². The van der Waals surface area contributed by atoms with Crippen molar-refractivity contribution in [3.05, 3.63) is 60.2 Å². The molecule has 1 atom stereocenters. The number of hydrogen-bond acceptors (Lipinski definition) is 1. The Kier molecular flexibility index (Phi) is 3.90. The molecule has 0 radical (unpaired) electrons. The average molecular weight is 265 g/mol. The van der Waals surface area contributed by atoms with Crippen LogP contribution in [0.2, 0.25) is 0 Å². The first kappa shape index (κ1) is 13.6. The third kappa shape index (κ3) is 2.96. The van der Waals surface area contributed by atoms with E-state index in [2.05, 4.69) is 0 Å². The quantitative estimate of drug-likeness (QED) is 0.893. The Morgan fingerprint density at radius 1 is 0.895 bits per heavy atom. The van der Waals surface area contributed by atoms with Gasteiger partial charge in [-0.05, 0) is 16.7 Å². The molecule has 2 aromatic rings. The SMILES string of the molecule is NCC(c1ccccc1-c1ccccc1)C(F)(F)F. The molecule has 19 heavy (non-hydrogen) atoms. The fourth-order valence-electron chi connectivity index (χ4n) is 2.12. The lowest BCUT2D eigenvalue weighted by atomic mass is 9.90. The molecule has 1 nitrogen and oxygen atoms in total. The van der Waals surface area contributed by atoms with Crippen LogP contribution in [0, 0.1) is 0 Å². The topological polar surface area (TPSA) is 26.0 Å². The van der Waals surface area contributed by atoms with Crippen LogP contribution in [0.4, 0.5) is 13.2 Å². The molecule has 0 heterocycles. The third-order valence-electron chi connectivity index (χ3n) is 3.05. The zero-order chi connectivity index (χ0) is 13.9. The van der Waals surface area contributed by atoms with Crippen LogP contribution in [0.25, 0.3) is 11.1 Å². The smallest absolute Gasteiger partial charge is 0.330 e. The summed E-state index contributed by atoms with van der Waals surface area (Å²) in [5.74, 6) is -1.64. The highest BCUT2D eigenvalue weighted by molar-refractivity contribution is 5.68. The summed E-state index contributed by atoms with van der Waals surface area (Å²) < 4.78 is 39.1. The molecule has 0 aliphatic rings. The van der Waals surface area contributed by atoms with Crippen LogP contribution >= 0.6 is 0 Å². The van der Waals surface area contributed by atoms with Crippen molar-refractivity contribution in [1.82, 2.24) is 0 Å². The Morgan fingerprint density at radius 3 is 2.05 bits per heavy atom. The minimum atomic E-state index is -4.33. The van der Waals surface area contributed by atoms with Gasteiger partial charge in [0.1, 0.15) is 0 Å². The number of alkyl halides is 3. The molecular weight excluding hydrogens is 251 g/mol. The van der Waals surface area contributed by atoms with Gasteiger partial charge < -0.3 is 5.73 Å². The van der Waals surface area contributed by atoms with Crippen LogP contribution in [0.1, 0.15) is 11.5 Å². The predicted molar refractivity (Wildman–Crippen MR) is 69.7 cm³/mol.